The Kier molecular flexibility index (Phi) is 3.89. The van der Waals surface area contributed by atoms with Crippen molar-refractivity contribution in [3.8, 4) is 0 Å². The van der Waals surface area contributed by atoms with Crippen molar-refractivity contribution in [2.75, 3.05) is 18.6 Å². The molecule has 2 rings (SSSR count). The summed E-state index contributed by atoms with van der Waals surface area (Å²) in [5.74, 6) is 0.101. The maximum Gasteiger partial charge on any atom is 0.146 e. The predicted molar refractivity (Wildman–Crippen MR) is 68.2 cm³/mol. The molecule has 2 nitrogen and oxygen atoms in total. The number of alkyl halides is 1. The minimum Gasteiger partial charge on any atom is -0.376 e. The Labute approximate surface area is 106 Å². The van der Waals surface area contributed by atoms with Crippen LogP contribution in [0.5, 0.6) is 0 Å². The molecule has 94 valence electrons. The Bertz CT molecular complexity index is 399. The van der Waals surface area contributed by atoms with Gasteiger partial charge in [-0.3, -0.25) is 0 Å². The fraction of sp³-hybridized carbons (Fsp3) is 0.538. The van der Waals surface area contributed by atoms with Gasteiger partial charge in [0.25, 0.3) is 0 Å². The third-order valence-corrected chi connectivity index (χ3v) is 3.69. The highest BCUT2D eigenvalue weighted by Gasteiger charge is 2.30. The molecule has 1 aliphatic heterocycles. The first-order valence-electron chi connectivity index (χ1n) is 5.83. The van der Waals surface area contributed by atoms with Crippen LogP contribution >= 0.6 is 11.6 Å². The van der Waals surface area contributed by atoms with Gasteiger partial charge in [0.1, 0.15) is 5.82 Å². The maximum absolute atomic E-state index is 13.9. The van der Waals surface area contributed by atoms with Gasteiger partial charge in [-0.2, -0.15) is 0 Å². The first-order chi connectivity index (χ1) is 8.15. The molecule has 0 aliphatic carbocycles. The van der Waals surface area contributed by atoms with Crippen molar-refractivity contribution in [1.29, 1.82) is 0 Å². The molecule has 0 amide bonds. The van der Waals surface area contributed by atoms with Crippen LogP contribution < -0.4 is 4.90 Å². The van der Waals surface area contributed by atoms with Gasteiger partial charge < -0.3 is 9.64 Å². The molecular weight excluding hydrogens is 241 g/mol. The van der Waals surface area contributed by atoms with Gasteiger partial charge >= 0.3 is 0 Å². The maximum atomic E-state index is 13.9. The second kappa shape index (κ2) is 5.23. The summed E-state index contributed by atoms with van der Waals surface area (Å²) in [7, 11) is 1.91. The van der Waals surface area contributed by atoms with E-state index in [9.17, 15) is 4.39 Å². The van der Waals surface area contributed by atoms with Gasteiger partial charge in [0.2, 0.25) is 0 Å². The summed E-state index contributed by atoms with van der Waals surface area (Å²) in [6.45, 7) is 2.76. The fourth-order valence-corrected chi connectivity index (χ4v) is 2.67. The van der Waals surface area contributed by atoms with Crippen molar-refractivity contribution in [3.63, 3.8) is 0 Å². The van der Waals surface area contributed by atoms with Gasteiger partial charge in [-0.1, -0.05) is 12.1 Å². The number of nitrogens with zero attached hydrogens (tertiary/aromatic N) is 1. The second-order valence-corrected chi connectivity index (χ2v) is 4.69. The van der Waals surface area contributed by atoms with E-state index in [1.165, 1.54) is 6.07 Å². The smallest absolute Gasteiger partial charge is 0.146 e. The van der Waals surface area contributed by atoms with Crippen LogP contribution in [-0.2, 0) is 10.6 Å². The van der Waals surface area contributed by atoms with Crippen molar-refractivity contribution in [2.45, 2.75) is 31.4 Å². The van der Waals surface area contributed by atoms with Crippen LogP contribution in [0.15, 0.2) is 18.2 Å². The molecule has 1 aromatic rings. The lowest BCUT2D eigenvalue weighted by Crippen LogP contribution is -2.37. The average Bonchev–Trinajstić information content (AvgIpc) is 2.74. The van der Waals surface area contributed by atoms with Crippen LogP contribution in [0.1, 0.15) is 18.9 Å². The number of rotatable bonds is 3. The van der Waals surface area contributed by atoms with Gasteiger partial charge in [-0.05, 0) is 25.0 Å². The highest BCUT2D eigenvalue weighted by molar-refractivity contribution is 6.17. The molecule has 0 bridgehead atoms. The monoisotopic (exact) mass is 257 g/mol. The number of hydrogen-bond acceptors (Lipinski definition) is 2. The summed E-state index contributed by atoms with van der Waals surface area (Å²) >= 11 is 5.87. The Morgan fingerprint density at radius 3 is 2.88 bits per heavy atom. The lowest BCUT2D eigenvalue weighted by atomic mass is 10.1. The van der Waals surface area contributed by atoms with E-state index in [0.29, 0.717) is 11.6 Å². The number of para-hydroxylation sites is 1. The van der Waals surface area contributed by atoms with Crippen LogP contribution in [0.4, 0.5) is 10.1 Å². The van der Waals surface area contributed by atoms with Crippen molar-refractivity contribution in [3.05, 3.63) is 29.6 Å². The molecule has 17 heavy (non-hydrogen) atoms. The number of ether oxygens (including phenoxy) is 1. The van der Waals surface area contributed by atoms with E-state index in [1.54, 1.807) is 6.07 Å². The summed E-state index contributed by atoms with van der Waals surface area (Å²) in [6.07, 6.45) is 1.05. The van der Waals surface area contributed by atoms with Gasteiger partial charge in [0, 0.05) is 19.5 Å². The summed E-state index contributed by atoms with van der Waals surface area (Å²) in [5.41, 5.74) is 1.43. The molecule has 1 heterocycles. The molecular formula is C13H17ClFNO. The highest BCUT2D eigenvalue weighted by Crippen LogP contribution is 2.30. The SMILES string of the molecule is CC1OCCC1N(C)c1c(F)cccc1CCl. The normalized spacial score (nSPS) is 24.0. The molecule has 1 aromatic carbocycles. The van der Waals surface area contributed by atoms with E-state index < -0.39 is 0 Å². The Hall–Kier alpha value is -0.800. The molecule has 1 aliphatic rings. The molecule has 0 spiro atoms. The van der Waals surface area contributed by atoms with Crippen LogP contribution in [0.25, 0.3) is 0 Å². The zero-order valence-corrected chi connectivity index (χ0v) is 10.9. The van der Waals surface area contributed by atoms with E-state index >= 15 is 0 Å². The number of hydrogen-bond donors (Lipinski definition) is 0. The largest absolute Gasteiger partial charge is 0.376 e. The first kappa shape index (κ1) is 12.7. The molecule has 4 heteroatoms. The summed E-state index contributed by atoms with van der Waals surface area (Å²) in [4.78, 5) is 1.96. The quantitative estimate of drug-likeness (QED) is 0.772. The van der Waals surface area contributed by atoms with Gasteiger partial charge in [-0.25, -0.2) is 4.39 Å². The predicted octanol–water partition coefficient (Wildman–Crippen LogP) is 3.18. The average molecular weight is 258 g/mol. The number of anilines is 1. The van der Waals surface area contributed by atoms with Crippen molar-refractivity contribution >= 4 is 17.3 Å². The van der Waals surface area contributed by atoms with Crippen molar-refractivity contribution < 1.29 is 9.13 Å². The number of likely N-dealkylation sites (N-methyl/N-ethyl adjacent to an activating group) is 1. The van der Waals surface area contributed by atoms with Crippen LogP contribution in [0.2, 0.25) is 0 Å². The number of benzene rings is 1. The molecule has 0 N–H and O–H groups in total. The van der Waals surface area contributed by atoms with E-state index in [0.717, 1.165) is 18.6 Å². The third-order valence-electron chi connectivity index (χ3n) is 3.40. The van der Waals surface area contributed by atoms with Gasteiger partial charge in [0.05, 0.1) is 17.8 Å². The lowest BCUT2D eigenvalue weighted by molar-refractivity contribution is 0.118. The fourth-order valence-electron chi connectivity index (χ4n) is 2.46. The molecule has 1 saturated heterocycles. The van der Waals surface area contributed by atoms with Crippen molar-refractivity contribution in [1.82, 2.24) is 0 Å². The van der Waals surface area contributed by atoms with Gasteiger partial charge in [0.15, 0.2) is 0 Å². The number of halogens is 2. The summed E-state index contributed by atoms with van der Waals surface area (Å²) in [5, 5.41) is 0. The lowest BCUT2D eigenvalue weighted by Gasteiger charge is -2.30. The van der Waals surface area contributed by atoms with E-state index in [-0.39, 0.29) is 18.0 Å². The molecule has 2 atom stereocenters. The zero-order valence-electron chi connectivity index (χ0n) is 10.1. The van der Waals surface area contributed by atoms with Crippen LogP contribution in [0, 0.1) is 5.82 Å². The molecule has 0 aromatic heterocycles. The second-order valence-electron chi connectivity index (χ2n) is 4.42. The third kappa shape index (κ3) is 2.40. The van der Waals surface area contributed by atoms with Gasteiger partial charge in [-0.15, -0.1) is 11.6 Å². The molecule has 0 radical (unpaired) electrons. The minimum atomic E-state index is -0.218. The molecule has 1 fully saturated rings. The minimum absolute atomic E-state index is 0.128. The Morgan fingerprint density at radius 2 is 2.29 bits per heavy atom. The van der Waals surface area contributed by atoms with E-state index in [1.807, 2.05) is 24.9 Å². The topological polar surface area (TPSA) is 12.5 Å². The zero-order chi connectivity index (χ0) is 12.4. The Balaban J connectivity index is 2.32. The first-order valence-corrected chi connectivity index (χ1v) is 6.36. The van der Waals surface area contributed by atoms with Crippen molar-refractivity contribution in [2.24, 2.45) is 0 Å². The van der Waals surface area contributed by atoms with Crippen LogP contribution in [-0.4, -0.2) is 25.8 Å². The van der Waals surface area contributed by atoms with E-state index in [2.05, 4.69) is 0 Å². The molecule has 0 saturated carbocycles. The highest BCUT2D eigenvalue weighted by atomic mass is 35.5. The standard InChI is InChI=1S/C13H17ClFNO/c1-9-12(6-7-17-9)16(2)13-10(8-14)4-3-5-11(13)15/h3-5,9,12H,6-8H2,1-2H3. The summed E-state index contributed by atoms with van der Waals surface area (Å²) < 4.78 is 19.5. The van der Waals surface area contributed by atoms with E-state index in [4.69, 9.17) is 16.3 Å². The van der Waals surface area contributed by atoms with Crippen LogP contribution in [0.3, 0.4) is 0 Å². The molecule has 2 unspecified atom stereocenters. The Morgan fingerprint density at radius 1 is 1.53 bits per heavy atom. The summed E-state index contributed by atoms with van der Waals surface area (Å²) in [6, 6.07) is 5.25.